The van der Waals surface area contributed by atoms with Gasteiger partial charge in [0.1, 0.15) is 10.6 Å². The minimum Gasteiger partial charge on any atom is -0.495 e. The molecule has 1 fully saturated rings. The van der Waals surface area contributed by atoms with E-state index in [1.807, 2.05) is 12.1 Å². The summed E-state index contributed by atoms with van der Waals surface area (Å²) in [5, 5.41) is 4.66. The minimum atomic E-state index is -3.62. The van der Waals surface area contributed by atoms with E-state index in [0.717, 1.165) is 5.56 Å². The first-order chi connectivity index (χ1) is 14.5. The number of piperazine rings is 1. The van der Waals surface area contributed by atoms with Gasteiger partial charge in [0.25, 0.3) is 0 Å². The van der Waals surface area contributed by atoms with E-state index < -0.39 is 10.0 Å². The summed E-state index contributed by atoms with van der Waals surface area (Å²) in [5.74, 6) is 1.33. The van der Waals surface area contributed by atoms with Gasteiger partial charge in [-0.15, -0.1) is 0 Å². The smallest absolute Gasteiger partial charge is 0.246 e. The fraction of sp³-hybridized carbons (Fsp3) is 0.300. The predicted molar refractivity (Wildman–Crippen MR) is 112 cm³/mol. The van der Waals surface area contributed by atoms with E-state index in [1.54, 1.807) is 36.4 Å². The molecule has 0 unspecified atom stereocenters. The molecule has 0 spiro atoms. The van der Waals surface area contributed by atoms with Gasteiger partial charge in [0.15, 0.2) is 0 Å². The van der Waals surface area contributed by atoms with Gasteiger partial charge in [0.2, 0.25) is 21.7 Å². The largest absolute Gasteiger partial charge is 0.495 e. The monoisotopic (exact) mass is 448 g/mol. The molecule has 30 heavy (non-hydrogen) atoms. The first-order valence-electron chi connectivity index (χ1n) is 9.41. The van der Waals surface area contributed by atoms with Crippen molar-refractivity contribution in [1.82, 2.24) is 19.3 Å². The zero-order valence-electron chi connectivity index (χ0n) is 16.4. The van der Waals surface area contributed by atoms with E-state index in [-0.39, 0.29) is 4.90 Å². The molecule has 0 saturated carbocycles. The summed E-state index contributed by atoms with van der Waals surface area (Å²) >= 11 is 5.91. The van der Waals surface area contributed by atoms with Crippen molar-refractivity contribution in [1.29, 1.82) is 0 Å². The Kier molecular flexibility index (Phi) is 6.05. The first kappa shape index (κ1) is 20.8. The van der Waals surface area contributed by atoms with Crippen LogP contribution in [-0.4, -0.2) is 61.1 Å². The highest BCUT2D eigenvalue weighted by Crippen LogP contribution is 2.27. The average molecular weight is 449 g/mol. The summed E-state index contributed by atoms with van der Waals surface area (Å²) < 4.78 is 38.0. The molecular formula is C20H21ClN4O4S. The van der Waals surface area contributed by atoms with Gasteiger partial charge < -0.3 is 9.26 Å². The van der Waals surface area contributed by atoms with Gasteiger partial charge in [-0.2, -0.15) is 9.29 Å². The van der Waals surface area contributed by atoms with Crippen LogP contribution in [0.5, 0.6) is 5.75 Å². The summed E-state index contributed by atoms with van der Waals surface area (Å²) in [6.45, 7) is 2.33. The summed E-state index contributed by atoms with van der Waals surface area (Å²) in [6.07, 6.45) is 0. The predicted octanol–water partition coefficient (Wildman–Crippen LogP) is 2.91. The van der Waals surface area contributed by atoms with Crippen LogP contribution in [0.4, 0.5) is 0 Å². The van der Waals surface area contributed by atoms with E-state index in [2.05, 4.69) is 15.0 Å². The number of sulfonamides is 1. The molecule has 0 radical (unpaired) electrons. The number of hydrogen-bond donors (Lipinski definition) is 0. The molecule has 0 amide bonds. The molecule has 2 heterocycles. The third kappa shape index (κ3) is 4.34. The quantitative estimate of drug-likeness (QED) is 0.572. The van der Waals surface area contributed by atoms with Crippen molar-refractivity contribution >= 4 is 21.6 Å². The highest BCUT2D eigenvalue weighted by atomic mass is 35.5. The zero-order valence-corrected chi connectivity index (χ0v) is 17.9. The third-order valence-corrected chi connectivity index (χ3v) is 7.14. The second-order valence-electron chi connectivity index (χ2n) is 6.85. The Morgan fingerprint density at radius 3 is 2.47 bits per heavy atom. The van der Waals surface area contributed by atoms with E-state index in [0.29, 0.717) is 55.2 Å². The molecule has 1 saturated heterocycles. The van der Waals surface area contributed by atoms with Gasteiger partial charge in [0.05, 0.1) is 13.7 Å². The average Bonchev–Trinajstić information content (AvgIpc) is 3.23. The Bertz CT molecular complexity index is 1110. The third-order valence-electron chi connectivity index (χ3n) is 4.95. The Hall–Kier alpha value is -2.46. The standard InChI is InChI=1S/C20H21ClN4O4S/c1-28-17-4-2-3-5-18(17)30(26,27)25-12-10-24(11-13-25)14-19-22-20(23-29-19)15-6-8-16(21)9-7-15/h2-9H,10-14H2,1H3. The molecule has 0 atom stereocenters. The Morgan fingerprint density at radius 1 is 1.07 bits per heavy atom. The van der Waals surface area contributed by atoms with Crippen LogP contribution in [-0.2, 0) is 16.6 Å². The topological polar surface area (TPSA) is 88.8 Å². The second-order valence-corrected chi connectivity index (χ2v) is 9.19. The Labute approximate surface area is 180 Å². The molecule has 1 aromatic heterocycles. The van der Waals surface area contributed by atoms with Gasteiger partial charge >= 0.3 is 0 Å². The highest BCUT2D eigenvalue weighted by molar-refractivity contribution is 7.89. The van der Waals surface area contributed by atoms with E-state index >= 15 is 0 Å². The number of para-hydroxylation sites is 1. The molecule has 0 N–H and O–H groups in total. The Morgan fingerprint density at radius 2 is 1.77 bits per heavy atom. The van der Waals surface area contributed by atoms with Crippen molar-refractivity contribution in [3.8, 4) is 17.1 Å². The van der Waals surface area contributed by atoms with E-state index in [9.17, 15) is 8.42 Å². The van der Waals surface area contributed by atoms with Crippen LogP contribution >= 0.6 is 11.6 Å². The summed E-state index contributed by atoms with van der Waals surface area (Å²) in [5.41, 5.74) is 0.821. The molecule has 2 aromatic carbocycles. The van der Waals surface area contributed by atoms with Gasteiger partial charge in [-0.3, -0.25) is 4.90 Å². The molecular weight excluding hydrogens is 428 g/mol. The van der Waals surface area contributed by atoms with Crippen molar-refractivity contribution in [2.45, 2.75) is 11.4 Å². The number of nitrogens with zero attached hydrogens (tertiary/aromatic N) is 4. The van der Waals surface area contributed by atoms with Crippen molar-refractivity contribution in [3.05, 3.63) is 59.4 Å². The molecule has 8 nitrogen and oxygen atoms in total. The number of methoxy groups -OCH3 is 1. The summed E-state index contributed by atoms with van der Waals surface area (Å²) in [6, 6.07) is 13.9. The van der Waals surface area contributed by atoms with Crippen molar-refractivity contribution in [2.24, 2.45) is 0 Å². The number of aromatic nitrogens is 2. The lowest BCUT2D eigenvalue weighted by atomic mass is 10.2. The van der Waals surface area contributed by atoms with Crippen LogP contribution in [0.15, 0.2) is 57.9 Å². The maximum Gasteiger partial charge on any atom is 0.246 e. The zero-order chi connectivity index (χ0) is 21.1. The Balaban J connectivity index is 1.39. The lowest BCUT2D eigenvalue weighted by Gasteiger charge is -2.33. The number of rotatable bonds is 6. The summed E-state index contributed by atoms with van der Waals surface area (Å²) in [7, 11) is -2.15. The fourth-order valence-corrected chi connectivity index (χ4v) is 5.03. The van der Waals surface area contributed by atoms with Gasteiger partial charge in [-0.05, 0) is 36.4 Å². The van der Waals surface area contributed by atoms with Gasteiger partial charge in [-0.1, -0.05) is 28.9 Å². The summed E-state index contributed by atoms with van der Waals surface area (Å²) in [4.78, 5) is 6.71. The van der Waals surface area contributed by atoms with Crippen LogP contribution in [0.3, 0.4) is 0 Å². The molecule has 0 bridgehead atoms. The number of benzene rings is 2. The maximum absolute atomic E-state index is 13.0. The molecule has 4 rings (SSSR count). The molecule has 1 aliphatic heterocycles. The maximum atomic E-state index is 13.0. The van der Waals surface area contributed by atoms with Crippen molar-refractivity contribution in [2.75, 3.05) is 33.3 Å². The number of hydrogen-bond acceptors (Lipinski definition) is 7. The highest BCUT2D eigenvalue weighted by Gasteiger charge is 2.31. The molecule has 158 valence electrons. The molecule has 3 aromatic rings. The SMILES string of the molecule is COc1ccccc1S(=O)(=O)N1CCN(Cc2nc(-c3ccc(Cl)cc3)no2)CC1. The minimum absolute atomic E-state index is 0.186. The fourth-order valence-electron chi connectivity index (χ4n) is 3.33. The lowest BCUT2D eigenvalue weighted by molar-refractivity contribution is 0.163. The molecule has 10 heteroatoms. The second kappa shape index (κ2) is 8.73. The van der Waals surface area contributed by atoms with Crippen LogP contribution in [0.1, 0.15) is 5.89 Å². The van der Waals surface area contributed by atoms with Crippen LogP contribution in [0.2, 0.25) is 5.02 Å². The number of halogens is 1. The molecule has 0 aliphatic carbocycles. The van der Waals surface area contributed by atoms with E-state index in [1.165, 1.54) is 11.4 Å². The van der Waals surface area contributed by atoms with Crippen LogP contribution in [0.25, 0.3) is 11.4 Å². The first-order valence-corrected chi connectivity index (χ1v) is 11.2. The van der Waals surface area contributed by atoms with Crippen LogP contribution in [0, 0.1) is 0 Å². The lowest BCUT2D eigenvalue weighted by Crippen LogP contribution is -2.48. The van der Waals surface area contributed by atoms with Crippen molar-refractivity contribution in [3.63, 3.8) is 0 Å². The van der Waals surface area contributed by atoms with Gasteiger partial charge in [-0.25, -0.2) is 8.42 Å². The molecule has 1 aliphatic rings. The normalized spacial score (nSPS) is 15.9. The van der Waals surface area contributed by atoms with E-state index in [4.69, 9.17) is 20.9 Å². The van der Waals surface area contributed by atoms with Crippen molar-refractivity contribution < 1.29 is 17.7 Å². The van der Waals surface area contributed by atoms with Crippen LogP contribution < -0.4 is 4.74 Å². The number of ether oxygens (including phenoxy) is 1. The van der Waals surface area contributed by atoms with Gasteiger partial charge in [0, 0.05) is 36.8 Å².